The average Bonchev–Trinajstić information content (AvgIpc) is 3.03. The minimum absolute atomic E-state index is 0.0293. The molecule has 1 atom stereocenters. The lowest BCUT2D eigenvalue weighted by Gasteiger charge is -2.20. The standard InChI is InChI=1S/C19H16F3NO2/c20-19(21,22)13-5-3-4-12(10-13)17(24)8-9-18(25)15-11-23-16-7-2-1-6-14(15)16/h1-7,11,13,23H,8-10H2. The Morgan fingerprint density at radius 1 is 1.12 bits per heavy atom. The lowest BCUT2D eigenvalue weighted by Crippen LogP contribution is -2.24. The molecule has 3 nitrogen and oxygen atoms in total. The van der Waals surface area contributed by atoms with E-state index in [9.17, 15) is 22.8 Å². The van der Waals surface area contributed by atoms with E-state index in [0.29, 0.717) is 5.56 Å². The van der Waals surface area contributed by atoms with E-state index in [1.54, 1.807) is 6.20 Å². The van der Waals surface area contributed by atoms with E-state index >= 15 is 0 Å². The third-order valence-electron chi connectivity index (χ3n) is 4.33. The summed E-state index contributed by atoms with van der Waals surface area (Å²) in [5.41, 5.74) is 1.44. The second kappa shape index (κ2) is 6.70. The first-order valence-electron chi connectivity index (χ1n) is 7.93. The van der Waals surface area contributed by atoms with Crippen LogP contribution in [0.5, 0.6) is 0 Å². The van der Waals surface area contributed by atoms with Gasteiger partial charge in [0, 0.05) is 35.5 Å². The SMILES string of the molecule is O=C(CCC(=O)c1c[nH]c2ccccc12)C1=CC=CC(C(F)(F)F)C1. The molecule has 1 N–H and O–H groups in total. The van der Waals surface area contributed by atoms with Crippen LogP contribution in [0, 0.1) is 5.92 Å². The largest absolute Gasteiger partial charge is 0.395 e. The number of carbonyl (C=O) groups excluding carboxylic acids is 2. The summed E-state index contributed by atoms with van der Waals surface area (Å²) in [6.45, 7) is 0. The summed E-state index contributed by atoms with van der Waals surface area (Å²) >= 11 is 0. The summed E-state index contributed by atoms with van der Waals surface area (Å²) < 4.78 is 38.3. The number of nitrogens with one attached hydrogen (secondary N) is 1. The number of aromatic amines is 1. The van der Waals surface area contributed by atoms with Gasteiger partial charge in [-0.2, -0.15) is 13.2 Å². The molecule has 0 saturated heterocycles. The smallest absolute Gasteiger partial charge is 0.360 e. The molecule has 1 heterocycles. The van der Waals surface area contributed by atoms with Crippen molar-refractivity contribution in [2.75, 3.05) is 0 Å². The van der Waals surface area contributed by atoms with Gasteiger partial charge in [0.15, 0.2) is 11.6 Å². The second-order valence-corrected chi connectivity index (χ2v) is 6.02. The van der Waals surface area contributed by atoms with Crippen LogP contribution >= 0.6 is 0 Å². The number of para-hydroxylation sites is 1. The van der Waals surface area contributed by atoms with E-state index in [0.717, 1.165) is 17.0 Å². The van der Waals surface area contributed by atoms with Crippen molar-refractivity contribution in [1.29, 1.82) is 0 Å². The van der Waals surface area contributed by atoms with Gasteiger partial charge in [0.05, 0.1) is 5.92 Å². The Morgan fingerprint density at radius 3 is 2.60 bits per heavy atom. The first kappa shape index (κ1) is 17.2. The number of hydrogen-bond acceptors (Lipinski definition) is 2. The minimum atomic E-state index is -4.36. The van der Waals surface area contributed by atoms with Gasteiger partial charge in [-0.25, -0.2) is 0 Å². The van der Waals surface area contributed by atoms with Crippen molar-refractivity contribution in [3.05, 3.63) is 59.8 Å². The Hall–Kier alpha value is -2.63. The number of benzene rings is 1. The summed E-state index contributed by atoms with van der Waals surface area (Å²) in [6, 6.07) is 7.31. The van der Waals surface area contributed by atoms with Gasteiger partial charge in [-0.1, -0.05) is 36.4 Å². The van der Waals surface area contributed by atoms with E-state index in [2.05, 4.69) is 4.98 Å². The number of alkyl halides is 3. The lowest BCUT2D eigenvalue weighted by molar-refractivity contribution is -0.161. The normalized spacial score (nSPS) is 17.6. The molecular weight excluding hydrogens is 331 g/mol. The Balaban J connectivity index is 1.64. The van der Waals surface area contributed by atoms with Crippen LogP contribution in [0.3, 0.4) is 0 Å². The molecule has 1 unspecified atom stereocenters. The van der Waals surface area contributed by atoms with Gasteiger partial charge in [0.1, 0.15) is 0 Å². The van der Waals surface area contributed by atoms with Crippen LogP contribution < -0.4 is 0 Å². The molecule has 1 aromatic heterocycles. The van der Waals surface area contributed by atoms with Crippen LogP contribution in [0.15, 0.2) is 54.3 Å². The number of H-pyrrole nitrogens is 1. The van der Waals surface area contributed by atoms with Gasteiger partial charge >= 0.3 is 6.18 Å². The van der Waals surface area contributed by atoms with Gasteiger partial charge in [-0.3, -0.25) is 9.59 Å². The summed E-state index contributed by atoms with van der Waals surface area (Å²) in [5, 5.41) is 0.775. The highest BCUT2D eigenvalue weighted by Gasteiger charge is 2.39. The van der Waals surface area contributed by atoms with Crippen molar-refractivity contribution in [3.63, 3.8) is 0 Å². The first-order valence-corrected chi connectivity index (χ1v) is 7.93. The van der Waals surface area contributed by atoms with E-state index < -0.39 is 17.9 Å². The Labute approximate surface area is 142 Å². The monoisotopic (exact) mass is 347 g/mol. The lowest BCUT2D eigenvalue weighted by atomic mass is 9.89. The molecule has 0 amide bonds. The summed E-state index contributed by atoms with van der Waals surface area (Å²) in [5.74, 6) is -2.25. The molecule has 130 valence electrons. The number of halogens is 3. The maximum absolute atomic E-state index is 12.8. The summed E-state index contributed by atoms with van der Waals surface area (Å²) in [7, 11) is 0. The maximum Gasteiger partial charge on any atom is 0.395 e. The number of carbonyl (C=O) groups is 2. The fourth-order valence-corrected chi connectivity index (χ4v) is 2.93. The van der Waals surface area contributed by atoms with Gasteiger partial charge in [0.25, 0.3) is 0 Å². The van der Waals surface area contributed by atoms with Crippen molar-refractivity contribution in [2.45, 2.75) is 25.4 Å². The van der Waals surface area contributed by atoms with Crippen LogP contribution in [0.1, 0.15) is 29.6 Å². The van der Waals surface area contributed by atoms with E-state index in [-0.39, 0.29) is 30.6 Å². The molecular formula is C19H16F3NO2. The topological polar surface area (TPSA) is 49.9 Å². The average molecular weight is 347 g/mol. The molecule has 1 aliphatic rings. The van der Waals surface area contributed by atoms with Crippen LogP contribution in [-0.2, 0) is 4.79 Å². The Morgan fingerprint density at radius 2 is 1.84 bits per heavy atom. The zero-order valence-corrected chi connectivity index (χ0v) is 13.3. The number of allylic oxidation sites excluding steroid dienone is 4. The second-order valence-electron chi connectivity index (χ2n) is 6.02. The van der Waals surface area contributed by atoms with Crippen LogP contribution in [-0.4, -0.2) is 22.7 Å². The number of Topliss-reactive ketones (excluding diaryl/α,β-unsaturated/α-hetero) is 2. The van der Waals surface area contributed by atoms with Crippen LogP contribution in [0.4, 0.5) is 13.2 Å². The highest BCUT2D eigenvalue weighted by molar-refractivity contribution is 6.09. The Kier molecular flexibility index (Phi) is 4.61. The van der Waals surface area contributed by atoms with Crippen molar-refractivity contribution in [3.8, 4) is 0 Å². The van der Waals surface area contributed by atoms with Crippen LogP contribution in [0.25, 0.3) is 10.9 Å². The molecule has 0 radical (unpaired) electrons. The highest BCUT2D eigenvalue weighted by Crippen LogP contribution is 2.35. The molecule has 0 aliphatic heterocycles. The van der Waals surface area contributed by atoms with Gasteiger partial charge in [-0.05, 0) is 18.1 Å². The molecule has 3 rings (SSSR count). The fraction of sp³-hybridized carbons (Fsp3) is 0.263. The van der Waals surface area contributed by atoms with E-state index in [4.69, 9.17) is 0 Å². The number of rotatable bonds is 5. The molecule has 0 fully saturated rings. The zero-order valence-electron chi connectivity index (χ0n) is 13.3. The zero-order chi connectivity index (χ0) is 18.0. The van der Waals surface area contributed by atoms with Gasteiger partial charge in [0.2, 0.25) is 0 Å². The molecule has 0 saturated carbocycles. The third kappa shape index (κ3) is 3.73. The van der Waals surface area contributed by atoms with Crippen molar-refractivity contribution >= 4 is 22.5 Å². The molecule has 0 bridgehead atoms. The molecule has 6 heteroatoms. The van der Waals surface area contributed by atoms with Crippen molar-refractivity contribution in [2.24, 2.45) is 5.92 Å². The number of aromatic nitrogens is 1. The molecule has 1 aliphatic carbocycles. The molecule has 2 aromatic rings. The fourth-order valence-electron chi connectivity index (χ4n) is 2.93. The summed E-state index contributed by atoms with van der Waals surface area (Å²) in [6.07, 6.45) is 0.460. The Bertz CT molecular complexity index is 874. The summed E-state index contributed by atoms with van der Waals surface area (Å²) in [4.78, 5) is 27.5. The van der Waals surface area contributed by atoms with E-state index in [1.807, 2.05) is 24.3 Å². The third-order valence-corrected chi connectivity index (χ3v) is 4.33. The molecule has 0 spiro atoms. The van der Waals surface area contributed by atoms with Crippen molar-refractivity contribution < 1.29 is 22.8 Å². The van der Waals surface area contributed by atoms with Crippen molar-refractivity contribution in [1.82, 2.24) is 4.98 Å². The van der Waals surface area contributed by atoms with Gasteiger partial charge < -0.3 is 4.98 Å². The number of ketones is 2. The maximum atomic E-state index is 12.8. The number of fused-ring (bicyclic) bond motifs is 1. The van der Waals surface area contributed by atoms with Gasteiger partial charge in [-0.15, -0.1) is 0 Å². The molecule has 1 aromatic carbocycles. The minimum Gasteiger partial charge on any atom is -0.360 e. The van der Waals surface area contributed by atoms with Crippen LogP contribution in [0.2, 0.25) is 0 Å². The molecule has 25 heavy (non-hydrogen) atoms. The number of hydrogen-bond donors (Lipinski definition) is 1. The predicted octanol–water partition coefficient (Wildman–Crippen LogP) is 4.76. The first-order chi connectivity index (χ1) is 11.9. The quantitative estimate of drug-likeness (QED) is 0.793. The van der Waals surface area contributed by atoms with E-state index in [1.165, 1.54) is 12.2 Å². The predicted molar refractivity (Wildman–Crippen MR) is 88.3 cm³/mol. The highest BCUT2D eigenvalue weighted by atomic mass is 19.4.